The average molecular weight is 285 g/mol. The highest BCUT2D eigenvalue weighted by Gasteiger charge is 2.38. The summed E-state index contributed by atoms with van der Waals surface area (Å²) in [5.41, 5.74) is 1.52. The molecule has 0 spiro atoms. The Morgan fingerprint density at radius 1 is 1.00 bits per heavy atom. The SMILES string of the molecule is C[C@H]1OC(c2ccccc2)O[C@@H]1c1ccccc1[N+](=O)[O-]. The lowest BCUT2D eigenvalue weighted by Crippen LogP contribution is -2.12. The van der Waals surface area contributed by atoms with E-state index in [-0.39, 0.29) is 16.7 Å². The Morgan fingerprint density at radius 3 is 2.38 bits per heavy atom. The molecule has 3 atom stereocenters. The molecule has 2 aromatic carbocycles. The molecule has 1 fully saturated rings. The number of ether oxygens (including phenoxy) is 2. The first-order chi connectivity index (χ1) is 10.2. The van der Waals surface area contributed by atoms with Crippen LogP contribution in [0.1, 0.15) is 30.4 Å². The number of nitrogens with zero attached hydrogens (tertiary/aromatic N) is 1. The minimum absolute atomic E-state index is 0.0617. The molecule has 5 nitrogen and oxygen atoms in total. The second kappa shape index (κ2) is 5.63. The maximum atomic E-state index is 11.1. The van der Waals surface area contributed by atoms with E-state index in [9.17, 15) is 10.1 Å². The lowest BCUT2D eigenvalue weighted by Gasteiger charge is -2.13. The molecule has 0 N–H and O–H groups in total. The van der Waals surface area contributed by atoms with Crippen molar-refractivity contribution in [3.63, 3.8) is 0 Å². The minimum Gasteiger partial charge on any atom is -0.342 e. The van der Waals surface area contributed by atoms with E-state index in [1.54, 1.807) is 18.2 Å². The van der Waals surface area contributed by atoms with Gasteiger partial charge in [-0.3, -0.25) is 10.1 Å². The summed E-state index contributed by atoms with van der Waals surface area (Å²) in [6, 6.07) is 16.2. The van der Waals surface area contributed by atoms with E-state index in [2.05, 4.69) is 0 Å². The van der Waals surface area contributed by atoms with Gasteiger partial charge in [-0.2, -0.15) is 0 Å². The third-order valence-electron chi connectivity index (χ3n) is 3.55. The van der Waals surface area contributed by atoms with Gasteiger partial charge in [0.1, 0.15) is 6.10 Å². The van der Waals surface area contributed by atoms with Gasteiger partial charge in [0.25, 0.3) is 5.69 Å². The van der Waals surface area contributed by atoms with Crippen molar-refractivity contribution < 1.29 is 14.4 Å². The predicted molar refractivity (Wildman–Crippen MR) is 76.7 cm³/mol. The van der Waals surface area contributed by atoms with Crippen molar-refractivity contribution in [2.24, 2.45) is 0 Å². The van der Waals surface area contributed by atoms with E-state index in [1.807, 2.05) is 37.3 Å². The number of para-hydroxylation sites is 1. The second-order valence-electron chi connectivity index (χ2n) is 4.96. The molecule has 1 heterocycles. The average Bonchev–Trinajstić information content (AvgIpc) is 2.90. The molecule has 0 radical (unpaired) electrons. The first-order valence-corrected chi connectivity index (χ1v) is 6.76. The number of nitro groups is 1. The first kappa shape index (κ1) is 13.7. The summed E-state index contributed by atoms with van der Waals surface area (Å²) in [6.07, 6.45) is -1.20. The smallest absolute Gasteiger partial charge is 0.275 e. The molecule has 5 heteroatoms. The molecule has 3 rings (SSSR count). The summed E-state index contributed by atoms with van der Waals surface area (Å²) in [7, 11) is 0. The molecule has 1 unspecified atom stereocenters. The summed E-state index contributed by atoms with van der Waals surface area (Å²) in [5.74, 6) is 0. The zero-order valence-corrected chi connectivity index (χ0v) is 11.5. The minimum atomic E-state index is -0.494. The predicted octanol–water partition coefficient (Wildman–Crippen LogP) is 3.77. The third kappa shape index (κ3) is 2.66. The highest BCUT2D eigenvalue weighted by atomic mass is 16.7. The zero-order valence-electron chi connectivity index (χ0n) is 11.5. The van der Waals surface area contributed by atoms with Gasteiger partial charge in [0.2, 0.25) is 0 Å². The van der Waals surface area contributed by atoms with Crippen LogP contribution in [0.3, 0.4) is 0 Å². The van der Waals surface area contributed by atoms with Crippen molar-refractivity contribution in [2.45, 2.75) is 25.4 Å². The van der Waals surface area contributed by atoms with Crippen LogP contribution >= 0.6 is 0 Å². The fourth-order valence-corrected chi connectivity index (χ4v) is 2.53. The molecule has 0 bridgehead atoms. The Morgan fingerprint density at radius 2 is 1.67 bits per heavy atom. The van der Waals surface area contributed by atoms with E-state index in [0.29, 0.717) is 5.56 Å². The van der Waals surface area contributed by atoms with Gasteiger partial charge in [0.05, 0.1) is 16.6 Å². The Bertz CT molecular complexity index is 644. The van der Waals surface area contributed by atoms with Gasteiger partial charge < -0.3 is 9.47 Å². The molecule has 1 aliphatic rings. The molecule has 1 aliphatic heterocycles. The van der Waals surface area contributed by atoms with Crippen LogP contribution in [0.15, 0.2) is 54.6 Å². The Kier molecular flexibility index (Phi) is 3.68. The van der Waals surface area contributed by atoms with Crippen LogP contribution < -0.4 is 0 Å². The quantitative estimate of drug-likeness (QED) is 0.636. The van der Waals surface area contributed by atoms with E-state index in [1.165, 1.54) is 6.07 Å². The zero-order chi connectivity index (χ0) is 14.8. The van der Waals surface area contributed by atoms with Crippen molar-refractivity contribution >= 4 is 5.69 Å². The van der Waals surface area contributed by atoms with Gasteiger partial charge in [-0.25, -0.2) is 0 Å². The maximum Gasteiger partial charge on any atom is 0.275 e. The molecule has 0 aliphatic carbocycles. The summed E-state index contributed by atoms with van der Waals surface area (Å²) < 4.78 is 11.7. The fourth-order valence-electron chi connectivity index (χ4n) is 2.53. The normalized spacial score (nSPS) is 24.9. The van der Waals surface area contributed by atoms with Gasteiger partial charge >= 0.3 is 0 Å². The number of rotatable bonds is 3. The van der Waals surface area contributed by atoms with Crippen molar-refractivity contribution in [3.05, 3.63) is 75.8 Å². The molecule has 108 valence electrons. The summed E-state index contributed by atoms with van der Waals surface area (Å²) in [5, 5.41) is 11.1. The lowest BCUT2D eigenvalue weighted by atomic mass is 10.0. The van der Waals surface area contributed by atoms with E-state index < -0.39 is 12.4 Å². The standard InChI is InChI=1S/C16H15NO4/c1-11-15(13-9-5-6-10-14(13)17(18)19)21-16(20-11)12-7-3-2-4-8-12/h2-11,15-16H,1H3/t11-,15+,16?/m1/s1. The Labute approximate surface area is 122 Å². The number of hydrogen-bond donors (Lipinski definition) is 0. The van der Waals surface area contributed by atoms with Gasteiger partial charge in [-0.1, -0.05) is 42.5 Å². The van der Waals surface area contributed by atoms with Crippen LogP contribution in [0.5, 0.6) is 0 Å². The molecular formula is C16H15NO4. The lowest BCUT2D eigenvalue weighted by molar-refractivity contribution is -0.386. The highest BCUT2D eigenvalue weighted by molar-refractivity contribution is 5.42. The molecule has 2 aromatic rings. The first-order valence-electron chi connectivity index (χ1n) is 6.76. The number of hydrogen-bond acceptors (Lipinski definition) is 4. The van der Waals surface area contributed by atoms with E-state index in [4.69, 9.17) is 9.47 Å². The van der Waals surface area contributed by atoms with Gasteiger partial charge in [-0.05, 0) is 13.0 Å². The summed E-state index contributed by atoms with van der Waals surface area (Å²) in [4.78, 5) is 10.8. The van der Waals surface area contributed by atoms with Crippen molar-refractivity contribution in [1.29, 1.82) is 0 Å². The molecular weight excluding hydrogens is 270 g/mol. The van der Waals surface area contributed by atoms with Crippen LogP contribution in [-0.2, 0) is 9.47 Å². The number of nitro benzene ring substituents is 1. The Hall–Kier alpha value is -2.24. The summed E-state index contributed by atoms with van der Waals surface area (Å²) >= 11 is 0. The summed E-state index contributed by atoms with van der Waals surface area (Å²) in [6.45, 7) is 1.87. The van der Waals surface area contributed by atoms with Crippen molar-refractivity contribution in [3.8, 4) is 0 Å². The number of benzene rings is 2. The second-order valence-corrected chi connectivity index (χ2v) is 4.96. The molecule has 0 amide bonds. The van der Waals surface area contributed by atoms with Crippen molar-refractivity contribution in [1.82, 2.24) is 0 Å². The Balaban J connectivity index is 1.89. The largest absolute Gasteiger partial charge is 0.342 e. The van der Waals surface area contributed by atoms with Crippen LogP contribution in [-0.4, -0.2) is 11.0 Å². The molecule has 0 saturated carbocycles. The van der Waals surface area contributed by atoms with Gasteiger partial charge in [0, 0.05) is 11.6 Å². The van der Waals surface area contributed by atoms with E-state index >= 15 is 0 Å². The fraction of sp³-hybridized carbons (Fsp3) is 0.250. The van der Waals surface area contributed by atoms with Crippen LogP contribution in [0.4, 0.5) is 5.69 Å². The molecule has 21 heavy (non-hydrogen) atoms. The topological polar surface area (TPSA) is 61.6 Å². The highest BCUT2D eigenvalue weighted by Crippen LogP contribution is 2.42. The van der Waals surface area contributed by atoms with Crippen LogP contribution in [0.2, 0.25) is 0 Å². The molecule has 1 saturated heterocycles. The van der Waals surface area contributed by atoms with Gasteiger partial charge in [0.15, 0.2) is 6.29 Å². The van der Waals surface area contributed by atoms with Crippen molar-refractivity contribution in [2.75, 3.05) is 0 Å². The third-order valence-corrected chi connectivity index (χ3v) is 3.55. The van der Waals surface area contributed by atoms with Crippen LogP contribution in [0, 0.1) is 10.1 Å². The maximum absolute atomic E-state index is 11.1. The molecule has 0 aromatic heterocycles. The van der Waals surface area contributed by atoms with Gasteiger partial charge in [-0.15, -0.1) is 0 Å². The van der Waals surface area contributed by atoms with Crippen LogP contribution in [0.25, 0.3) is 0 Å². The monoisotopic (exact) mass is 285 g/mol. The van der Waals surface area contributed by atoms with E-state index in [0.717, 1.165) is 5.56 Å².